The van der Waals surface area contributed by atoms with E-state index in [9.17, 15) is 9.59 Å². The van der Waals surface area contributed by atoms with Crippen molar-refractivity contribution >= 4 is 12.0 Å². The molecule has 1 aromatic rings. The number of fused-ring (bicyclic) bond motifs is 1. The summed E-state index contributed by atoms with van der Waals surface area (Å²) in [6.45, 7) is 2.93. The number of carbonyl (C=O) groups is 2. The first-order valence-corrected chi connectivity index (χ1v) is 7.54. The number of carboxylic acids is 1. The van der Waals surface area contributed by atoms with Gasteiger partial charge < -0.3 is 14.9 Å². The second-order valence-corrected chi connectivity index (χ2v) is 5.79. The molecule has 2 aliphatic rings. The van der Waals surface area contributed by atoms with Gasteiger partial charge in [0, 0.05) is 26.2 Å². The van der Waals surface area contributed by atoms with E-state index in [0.29, 0.717) is 12.1 Å². The summed E-state index contributed by atoms with van der Waals surface area (Å²) in [4.78, 5) is 27.4. The van der Waals surface area contributed by atoms with Crippen LogP contribution in [0.15, 0.2) is 18.2 Å². The van der Waals surface area contributed by atoms with Gasteiger partial charge in [0.05, 0.1) is 5.56 Å². The van der Waals surface area contributed by atoms with E-state index in [1.807, 2.05) is 15.9 Å². The normalized spacial score (nSPS) is 18.3. The monoisotopic (exact) mass is 288 g/mol. The third-order valence-corrected chi connectivity index (χ3v) is 4.36. The molecule has 2 amide bonds. The van der Waals surface area contributed by atoms with Crippen LogP contribution in [0.1, 0.15) is 40.7 Å². The Kier molecular flexibility index (Phi) is 3.82. The molecule has 112 valence electrons. The fourth-order valence-electron chi connectivity index (χ4n) is 3.14. The third-order valence-electron chi connectivity index (χ3n) is 4.36. The Hall–Kier alpha value is -2.04. The third kappa shape index (κ3) is 2.86. The average molecular weight is 288 g/mol. The van der Waals surface area contributed by atoms with Crippen LogP contribution < -0.4 is 0 Å². The fraction of sp³-hybridized carbons (Fsp3) is 0.500. The Morgan fingerprint density at radius 1 is 0.952 bits per heavy atom. The summed E-state index contributed by atoms with van der Waals surface area (Å²) >= 11 is 0. The van der Waals surface area contributed by atoms with E-state index in [4.69, 9.17) is 5.11 Å². The van der Waals surface area contributed by atoms with Crippen LogP contribution in [0.4, 0.5) is 4.79 Å². The van der Waals surface area contributed by atoms with Gasteiger partial charge >= 0.3 is 12.0 Å². The number of hydrogen-bond acceptors (Lipinski definition) is 2. The van der Waals surface area contributed by atoms with Gasteiger partial charge in [0.15, 0.2) is 0 Å². The molecule has 0 bridgehead atoms. The molecule has 0 atom stereocenters. The van der Waals surface area contributed by atoms with Crippen molar-refractivity contribution in [1.82, 2.24) is 9.80 Å². The minimum Gasteiger partial charge on any atom is -0.478 e. The van der Waals surface area contributed by atoms with Gasteiger partial charge in [-0.1, -0.05) is 6.07 Å². The summed E-state index contributed by atoms with van der Waals surface area (Å²) in [5, 5.41) is 9.08. The van der Waals surface area contributed by atoms with E-state index < -0.39 is 5.97 Å². The van der Waals surface area contributed by atoms with Crippen molar-refractivity contribution in [2.45, 2.75) is 32.2 Å². The number of carboxylic acid groups (broad SMARTS) is 1. The summed E-state index contributed by atoms with van der Waals surface area (Å²) in [6, 6.07) is 5.32. The van der Waals surface area contributed by atoms with E-state index in [1.54, 1.807) is 12.1 Å². The predicted octanol–water partition coefficient (Wildman–Crippen LogP) is 2.35. The molecule has 1 aromatic carbocycles. The van der Waals surface area contributed by atoms with Gasteiger partial charge in [-0.15, -0.1) is 0 Å². The van der Waals surface area contributed by atoms with Gasteiger partial charge in [0.2, 0.25) is 0 Å². The number of nitrogens with zero attached hydrogens (tertiary/aromatic N) is 2. The highest BCUT2D eigenvalue weighted by atomic mass is 16.4. The molecule has 1 fully saturated rings. The summed E-state index contributed by atoms with van der Waals surface area (Å²) in [6.07, 6.45) is 4.17. The van der Waals surface area contributed by atoms with Gasteiger partial charge in [-0.2, -0.15) is 0 Å². The molecule has 3 rings (SSSR count). The zero-order valence-electron chi connectivity index (χ0n) is 12.0. The zero-order valence-corrected chi connectivity index (χ0v) is 12.0. The Balaban J connectivity index is 1.75. The molecule has 1 saturated heterocycles. The van der Waals surface area contributed by atoms with E-state index in [-0.39, 0.29) is 6.03 Å². The van der Waals surface area contributed by atoms with Crippen LogP contribution in [0, 0.1) is 0 Å². The second kappa shape index (κ2) is 5.76. The highest BCUT2D eigenvalue weighted by Gasteiger charge is 2.26. The number of amides is 2. The van der Waals surface area contributed by atoms with Crippen LogP contribution in [-0.2, 0) is 13.0 Å². The smallest absolute Gasteiger partial charge is 0.335 e. The molecule has 0 spiro atoms. The largest absolute Gasteiger partial charge is 0.478 e. The molecule has 2 aliphatic heterocycles. The maximum atomic E-state index is 12.5. The molecule has 5 nitrogen and oxygen atoms in total. The van der Waals surface area contributed by atoms with Crippen molar-refractivity contribution in [2.75, 3.05) is 19.6 Å². The van der Waals surface area contributed by atoms with Crippen LogP contribution in [0.3, 0.4) is 0 Å². The minimum absolute atomic E-state index is 0.0982. The Morgan fingerprint density at radius 2 is 1.71 bits per heavy atom. The second-order valence-electron chi connectivity index (χ2n) is 5.79. The number of urea groups is 1. The van der Waals surface area contributed by atoms with Crippen molar-refractivity contribution in [2.24, 2.45) is 0 Å². The van der Waals surface area contributed by atoms with Crippen LogP contribution in [0.2, 0.25) is 0 Å². The quantitative estimate of drug-likeness (QED) is 0.863. The molecule has 2 heterocycles. The number of carbonyl (C=O) groups excluding carboxylic acids is 1. The van der Waals surface area contributed by atoms with Crippen LogP contribution in [0.5, 0.6) is 0 Å². The van der Waals surface area contributed by atoms with Gasteiger partial charge in [-0.3, -0.25) is 0 Å². The topological polar surface area (TPSA) is 60.9 Å². The van der Waals surface area contributed by atoms with Gasteiger partial charge in [-0.25, -0.2) is 9.59 Å². The van der Waals surface area contributed by atoms with Crippen molar-refractivity contribution in [1.29, 1.82) is 0 Å². The number of rotatable bonds is 1. The minimum atomic E-state index is -0.919. The number of piperidine rings is 1. The van der Waals surface area contributed by atoms with E-state index in [0.717, 1.165) is 50.0 Å². The molecule has 5 heteroatoms. The molecule has 0 radical (unpaired) electrons. The summed E-state index contributed by atoms with van der Waals surface area (Å²) in [7, 11) is 0. The molecule has 0 unspecified atom stereocenters. The summed E-state index contributed by atoms with van der Waals surface area (Å²) in [5.41, 5.74) is 2.41. The Labute approximate surface area is 124 Å². The number of benzene rings is 1. The van der Waals surface area contributed by atoms with Crippen molar-refractivity contribution in [3.8, 4) is 0 Å². The summed E-state index contributed by atoms with van der Waals surface area (Å²) < 4.78 is 0. The van der Waals surface area contributed by atoms with E-state index in [2.05, 4.69) is 0 Å². The maximum absolute atomic E-state index is 12.5. The van der Waals surface area contributed by atoms with Crippen LogP contribution in [-0.4, -0.2) is 46.5 Å². The SMILES string of the molecule is O=C(O)c1ccc2c(c1)CN(C(=O)N1CCCCC1)CC2. The standard InChI is InChI=1S/C16H20N2O3/c19-15(20)13-5-4-12-6-9-18(11-14(12)10-13)16(21)17-7-2-1-3-8-17/h4-5,10H,1-3,6-9,11H2,(H,19,20). The highest BCUT2D eigenvalue weighted by Crippen LogP contribution is 2.22. The van der Waals surface area contributed by atoms with Crippen molar-refractivity contribution < 1.29 is 14.7 Å². The first kappa shape index (κ1) is 13.9. The lowest BCUT2D eigenvalue weighted by atomic mass is 9.97. The van der Waals surface area contributed by atoms with Crippen LogP contribution >= 0.6 is 0 Å². The number of aromatic carboxylic acids is 1. The highest BCUT2D eigenvalue weighted by molar-refractivity contribution is 5.88. The lowest BCUT2D eigenvalue weighted by Gasteiger charge is -2.35. The number of likely N-dealkylation sites (tertiary alicyclic amines) is 1. The predicted molar refractivity (Wildman–Crippen MR) is 78.3 cm³/mol. The first-order chi connectivity index (χ1) is 10.1. The van der Waals surface area contributed by atoms with E-state index in [1.165, 1.54) is 6.42 Å². The molecule has 21 heavy (non-hydrogen) atoms. The molecule has 1 N–H and O–H groups in total. The molecular weight excluding hydrogens is 268 g/mol. The molecule has 0 aromatic heterocycles. The zero-order chi connectivity index (χ0) is 14.8. The Morgan fingerprint density at radius 3 is 2.43 bits per heavy atom. The van der Waals surface area contributed by atoms with Gasteiger partial charge in [0.25, 0.3) is 0 Å². The van der Waals surface area contributed by atoms with E-state index >= 15 is 0 Å². The van der Waals surface area contributed by atoms with Gasteiger partial charge in [-0.05, 0) is 48.9 Å². The lowest BCUT2D eigenvalue weighted by molar-refractivity contribution is 0.0696. The lowest BCUT2D eigenvalue weighted by Crippen LogP contribution is -2.47. The maximum Gasteiger partial charge on any atom is 0.335 e. The van der Waals surface area contributed by atoms with Crippen molar-refractivity contribution in [3.63, 3.8) is 0 Å². The average Bonchev–Trinajstić information content (AvgIpc) is 2.54. The van der Waals surface area contributed by atoms with Crippen LogP contribution in [0.25, 0.3) is 0 Å². The summed E-state index contributed by atoms with van der Waals surface area (Å²) in [5.74, 6) is -0.919. The molecule has 0 aliphatic carbocycles. The Bertz CT molecular complexity index is 565. The first-order valence-electron chi connectivity index (χ1n) is 7.54. The fourth-order valence-corrected chi connectivity index (χ4v) is 3.14. The number of hydrogen-bond donors (Lipinski definition) is 1. The van der Waals surface area contributed by atoms with Crippen molar-refractivity contribution in [3.05, 3.63) is 34.9 Å². The molecule has 0 saturated carbocycles. The van der Waals surface area contributed by atoms with Gasteiger partial charge in [0.1, 0.15) is 0 Å². The molecular formula is C16H20N2O3.